The maximum absolute atomic E-state index is 13.1. The number of likely N-dealkylation sites (N-methyl/N-ethyl adjacent to an activating group) is 1. The number of benzene rings is 2. The minimum Gasteiger partial charge on any atom is -0.388 e. The van der Waals surface area contributed by atoms with Gasteiger partial charge in [0.05, 0.1) is 11.1 Å². The second kappa shape index (κ2) is 8.53. The van der Waals surface area contributed by atoms with E-state index in [9.17, 15) is 14.3 Å². The van der Waals surface area contributed by atoms with E-state index in [1.807, 2.05) is 36.2 Å². The summed E-state index contributed by atoms with van der Waals surface area (Å²) in [6.45, 7) is 2.22. The first-order chi connectivity index (χ1) is 14.4. The van der Waals surface area contributed by atoms with Crippen LogP contribution in [0.3, 0.4) is 0 Å². The normalized spacial score (nSPS) is 19.9. The maximum Gasteiger partial charge on any atom is 0.274 e. The van der Waals surface area contributed by atoms with Crippen LogP contribution in [0.4, 0.5) is 4.39 Å². The number of fused-ring (bicyclic) bond motifs is 1. The fourth-order valence-electron chi connectivity index (χ4n) is 4.28. The largest absolute Gasteiger partial charge is 0.388 e. The van der Waals surface area contributed by atoms with Crippen molar-refractivity contribution in [1.29, 1.82) is 0 Å². The Morgan fingerprint density at radius 3 is 2.77 bits per heavy atom. The molecule has 30 heavy (non-hydrogen) atoms. The topological polar surface area (TPSA) is 72.5 Å². The van der Waals surface area contributed by atoms with E-state index >= 15 is 0 Å². The van der Waals surface area contributed by atoms with Crippen LogP contribution in [-0.4, -0.2) is 63.3 Å². The molecule has 1 amide bonds. The van der Waals surface area contributed by atoms with Gasteiger partial charge >= 0.3 is 0 Å². The number of hydrogen-bond acceptors (Lipinski definition) is 4. The van der Waals surface area contributed by atoms with Gasteiger partial charge < -0.3 is 10.0 Å². The van der Waals surface area contributed by atoms with Crippen LogP contribution in [0.5, 0.6) is 0 Å². The highest BCUT2D eigenvalue weighted by Crippen LogP contribution is 2.26. The lowest BCUT2D eigenvalue weighted by Crippen LogP contribution is -2.42. The van der Waals surface area contributed by atoms with E-state index in [-0.39, 0.29) is 11.7 Å². The van der Waals surface area contributed by atoms with Gasteiger partial charge in [-0.05, 0) is 50.1 Å². The molecule has 7 heteroatoms. The number of aromatic amines is 1. The summed E-state index contributed by atoms with van der Waals surface area (Å²) < 4.78 is 13.1. The molecule has 1 aliphatic heterocycles. The first-order valence-electron chi connectivity index (χ1n) is 10.3. The van der Waals surface area contributed by atoms with E-state index in [2.05, 4.69) is 10.2 Å². The molecule has 0 radical (unpaired) electrons. The van der Waals surface area contributed by atoms with Crippen LogP contribution in [-0.2, 0) is 6.54 Å². The van der Waals surface area contributed by atoms with Gasteiger partial charge in [0, 0.05) is 31.6 Å². The number of amides is 1. The van der Waals surface area contributed by atoms with E-state index in [1.54, 1.807) is 17.0 Å². The summed E-state index contributed by atoms with van der Waals surface area (Å²) in [5.74, 6) is -0.352. The fraction of sp³-hybridized carbons (Fsp3) is 0.391. The summed E-state index contributed by atoms with van der Waals surface area (Å²) in [6, 6.07) is 14.0. The third-order valence-corrected chi connectivity index (χ3v) is 5.81. The summed E-state index contributed by atoms with van der Waals surface area (Å²) in [6.07, 6.45) is 1.87. The molecule has 1 aromatic heterocycles. The number of para-hydroxylation sites is 1. The van der Waals surface area contributed by atoms with Crippen LogP contribution in [0.2, 0.25) is 0 Å². The van der Waals surface area contributed by atoms with E-state index < -0.39 is 5.60 Å². The molecule has 0 bridgehead atoms. The van der Waals surface area contributed by atoms with Crippen molar-refractivity contribution in [3.63, 3.8) is 0 Å². The predicted molar refractivity (Wildman–Crippen MR) is 114 cm³/mol. The SMILES string of the molecule is CN(Cc1ccc(F)cc1)C[C@]1(O)CCCN(C(=O)c2n[nH]c3ccccc23)CC1. The molecule has 0 saturated carbocycles. The molecule has 1 atom stereocenters. The van der Waals surface area contributed by atoms with Gasteiger partial charge in [0.15, 0.2) is 5.69 Å². The van der Waals surface area contributed by atoms with Gasteiger partial charge in [-0.3, -0.25) is 14.8 Å². The van der Waals surface area contributed by atoms with Gasteiger partial charge in [0.25, 0.3) is 5.91 Å². The highest BCUT2D eigenvalue weighted by atomic mass is 19.1. The summed E-state index contributed by atoms with van der Waals surface area (Å²) >= 11 is 0. The lowest BCUT2D eigenvalue weighted by Gasteiger charge is -2.31. The monoisotopic (exact) mass is 410 g/mol. The lowest BCUT2D eigenvalue weighted by atomic mass is 9.94. The Balaban J connectivity index is 1.39. The zero-order chi connectivity index (χ0) is 21.1. The third kappa shape index (κ3) is 4.52. The van der Waals surface area contributed by atoms with Crippen LogP contribution in [0.15, 0.2) is 48.5 Å². The standard InChI is InChI=1S/C23H27FN4O2/c1-27(15-17-7-9-18(24)10-8-17)16-23(30)11-4-13-28(14-12-23)22(29)21-19-5-2-3-6-20(19)25-26-21/h2-3,5-10,30H,4,11-16H2,1H3,(H,25,26)/t23-/m0/s1. The second-order valence-electron chi connectivity index (χ2n) is 8.29. The molecule has 6 nitrogen and oxygen atoms in total. The van der Waals surface area contributed by atoms with Gasteiger partial charge in [-0.2, -0.15) is 5.10 Å². The molecule has 4 rings (SSSR count). The quantitative estimate of drug-likeness (QED) is 0.678. The van der Waals surface area contributed by atoms with Crippen LogP contribution in [0, 0.1) is 5.82 Å². The Morgan fingerprint density at radius 1 is 1.20 bits per heavy atom. The highest BCUT2D eigenvalue weighted by Gasteiger charge is 2.33. The first-order valence-corrected chi connectivity index (χ1v) is 10.3. The number of hydrogen-bond donors (Lipinski definition) is 2. The van der Waals surface area contributed by atoms with Gasteiger partial charge in [-0.1, -0.05) is 30.3 Å². The molecule has 2 heterocycles. The Hall–Kier alpha value is -2.77. The number of aromatic nitrogens is 2. The zero-order valence-electron chi connectivity index (χ0n) is 17.1. The van der Waals surface area contributed by atoms with Crippen LogP contribution in [0.1, 0.15) is 35.3 Å². The predicted octanol–water partition coefficient (Wildman–Crippen LogP) is 3.19. The zero-order valence-corrected chi connectivity index (χ0v) is 17.1. The molecule has 158 valence electrons. The lowest BCUT2D eigenvalue weighted by molar-refractivity contribution is -0.00402. The molecule has 3 aromatic rings. The molecule has 2 N–H and O–H groups in total. The van der Waals surface area contributed by atoms with Crippen LogP contribution < -0.4 is 0 Å². The molecule has 1 aliphatic rings. The van der Waals surface area contributed by atoms with E-state index in [0.29, 0.717) is 44.7 Å². The van der Waals surface area contributed by atoms with Crippen molar-refractivity contribution in [3.05, 3.63) is 65.6 Å². The fourth-order valence-corrected chi connectivity index (χ4v) is 4.28. The molecular weight excluding hydrogens is 383 g/mol. The Bertz CT molecular complexity index is 1020. The Morgan fingerprint density at radius 2 is 1.97 bits per heavy atom. The van der Waals surface area contributed by atoms with Crippen molar-refractivity contribution in [1.82, 2.24) is 20.0 Å². The minimum atomic E-state index is -0.864. The number of carbonyl (C=O) groups excluding carboxylic acids is 1. The summed E-state index contributed by atoms with van der Waals surface area (Å²) in [5.41, 5.74) is 1.41. The smallest absolute Gasteiger partial charge is 0.274 e. The average molecular weight is 410 g/mol. The maximum atomic E-state index is 13.1. The van der Waals surface area contributed by atoms with Gasteiger partial charge in [0.1, 0.15) is 5.82 Å². The van der Waals surface area contributed by atoms with E-state index in [4.69, 9.17) is 0 Å². The van der Waals surface area contributed by atoms with Crippen molar-refractivity contribution < 1.29 is 14.3 Å². The van der Waals surface area contributed by atoms with Crippen molar-refractivity contribution in [2.45, 2.75) is 31.4 Å². The molecule has 1 fully saturated rings. The number of nitrogens with zero attached hydrogens (tertiary/aromatic N) is 3. The van der Waals surface area contributed by atoms with Crippen molar-refractivity contribution in [3.8, 4) is 0 Å². The Labute approximate surface area is 175 Å². The average Bonchev–Trinajstić information content (AvgIpc) is 3.06. The van der Waals surface area contributed by atoms with Crippen molar-refractivity contribution in [2.24, 2.45) is 0 Å². The second-order valence-corrected chi connectivity index (χ2v) is 8.29. The van der Waals surface area contributed by atoms with Gasteiger partial charge in [0.2, 0.25) is 0 Å². The molecule has 0 aliphatic carbocycles. The molecule has 2 aromatic carbocycles. The van der Waals surface area contributed by atoms with Crippen molar-refractivity contribution in [2.75, 3.05) is 26.7 Å². The van der Waals surface area contributed by atoms with Gasteiger partial charge in [-0.25, -0.2) is 4.39 Å². The number of aliphatic hydroxyl groups is 1. The summed E-state index contributed by atoms with van der Waals surface area (Å²) in [5, 5.41) is 19.1. The first kappa shape index (κ1) is 20.5. The third-order valence-electron chi connectivity index (χ3n) is 5.81. The van der Waals surface area contributed by atoms with Gasteiger partial charge in [-0.15, -0.1) is 0 Å². The highest BCUT2D eigenvalue weighted by molar-refractivity contribution is 6.04. The molecule has 1 saturated heterocycles. The number of carbonyl (C=O) groups is 1. The van der Waals surface area contributed by atoms with E-state index in [1.165, 1.54) is 12.1 Å². The molecule has 0 spiro atoms. The van der Waals surface area contributed by atoms with Crippen molar-refractivity contribution >= 4 is 16.8 Å². The Kier molecular flexibility index (Phi) is 5.83. The minimum absolute atomic E-state index is 0.101. The number of likely N-dealkylation sites (tertiary alicyclic amines) is 1. The van der Waals surface area contributed by atoms with E-state index in [0.717, 1.165) is 22.9 Å². The molecule has 0 unspecified atom stereocenters. The summed E-state index contributed by atoms with van der Waals surface area (Å²) in [7, 11) is 1.95. The number of rotatable bonds is 5. The van der Waals surface area contributed by atoms with Crippen LogP contribution in [0.25, 0.3) is 10.9 Å². The summed E-state index contributed by atoms with van der Waals surface area (Å²) in [4.78, 5) is 16.9. The van der Waals surface area contributed by atoms with Crippen LogP contribution >= 0.6 is 0 Å². The molecular formula is C23H27FN4O2. The number of halogens is 1. The number of nitrogens with one attached hydrogen (secondary N) is 1. The number of H-pyrrole nitrogens is 1.